The highest BCUT2D eigenvalue weighted by atomic mass is 19.1. The fourth-order valence-electron chi connectivity index (χ4n) is 2.82. The van der Waals surface area contributed by atoms with Gasteiger partial charge < -0.3 is 10.6 Å². The first-order valence-electron chi connectivity index (χ1n) is 6.89. The second kappa shape index (κ2) is 6.04. The fraction of sp³-hybridized carbons (Fsp3) is 0.533. The lowest BCUT2D eigenvalue weighted by atomic mass is 9.79. The van der Waals surface area contributed by atoms with Crippen molar-refractivity contribution in [1.29, 1.82) is 0 Å². The number of amides is 2. The highest BCUT2D eigenvalue weighted by molar-refractivity contribution is 5.89. The van der Waals surface area contributed by atoms with E-state index in [2.05, 4.69) is 24.5 Å². The molecule has 2 N–H and O–H groups in total. The van der Waals surface area contributed by atoms with Crippen molar-refractivity contribution in [3.05, 3.63) is 30.1 Å². The van der Waals surface area contributed by atoms with Gasteiger partial charge in [-0.2, -0.15) is 0 Å². The molecule has 19 heavy (non-hydrogen) atoms. The molecule has 2 unspecified atom stereocenters. The van der Waals surface area contributed by atoms with Crippen LogP contribution in [0.15, 0.2) is 24.3 Å². The van der Waals surface area contributed by atoms with Crippen molar-refractivity contribution in [3.8, 4) is 0 Å². The van der Waals surface area contributed by atoms with E-state index in [0.29, 0.717) is 17.5 Å². The van der Waals surface area contributed by atoms with Crippen molar-refractivity contribution in [2.24, 2.45) is 11.8 Å². The lowest BCUT2D eigenvalue weighted by Gasteiger charge is -2.35. The molecule has 3 nitrogen and oxygen atoms in total. The van der Waals surface area contributed by atoms with Crippen molar-refractivity contribution in [1.82, 2.24) is 5.32 Å². The van der Waals surface area contributed by atoms with E-state index in [4.69, 9.17) is 0 Å². The Balaban J connectivity index is 1.91. The molecule has 4 heteroatoms. The minimum atomic E-state index is -0.305. The Kier molecular flexibility index (Phi) is 4.40. The number of benzene rings is 1. The average molecular weight is 264 g/mol. The third kappa shape index (κ3) is 3.69. The summed E-state index contributed by atoms with van der Waals surface area (Å²) in [6, 6.07) is 5.79. The molecule has 1 aliphatic rings. The van der Waals surface area contributed by atoms with Crippen LogP contribution >= 0.6 is 0 Å². The Morgan fingerprint density at radius 1 is 1.16 bits per heavy atom. The Morgan fingerprint density at radius 3 is 2.32 bits per heavy atom. The molecule has 0 radical (unpaired) electrons. The number of carbonyl (C=O) groups excluding carboxylic acids is 1. The molecule has 0 heterocycles. The van der Waals surface area contributed by atoms with Crippen LogP contribution in [0.3, 0.4) is 0 Å². The molecule has 1 fully saturated rings. The average Bonchev–Trinajstić information content (AvgIpc) is 2.37. The highest BCUT2D eigenvalue weighted by Gasteiger charge is 2.28. The first-order valence-corrected chi connectivity index (χ1v) is 6.89. The van der Waals surface area contributed by atoms with Crippen molar-refractivity contribution in [2.45, 2.75) is 39.2 Å². The van der Waals surface area contributed by atoms with E-state index in [0.717, 1.165) is 12.8 Å². The number of rotatable bonds is 2. The molecule has 1 saturated carbocycles. The van der Waals surface area contributed by atoms with Crippen LogP contribution in [0.5, 0.6) is 0 Å². The lowest BCUT2D eigenvalue weighted by molar-refractivity contribution is 0.202. The molecule has 104 valence electrons. The molecule has 0 bridgehead atoms. The van der Waals surface area contributed by atoms with E-state index in [1.54, 1.807) is 12.1 Å². The largest absolute Gasteiger partial charge is 0.335 e. The van der Waals surface area contributed by atoms with E-state index >= 15 is 0 Å². The van der Waals surface area contributed by atoms with E-state index in [9.17, 15) is 9.18 Å². The van der Waals surface area contributed by atoms with E-state index in [1.165, 1.54) is 18.6 Å². The van der Waals surface area contributed by atoms with Crippen LogP contribution in [0.2, 0.25) is 0 Å². The summed E-state index contributed by atoms with van der Waals surface area (Å²) in [7, 11) is 0. The van der Waals surface area contributed by atoms with Gasteiger partial charge in [-0.1, -0.05) is 20.3 Å². The zero-order valence-electron chi connectivity index (χ0n) is 11.4. The summed E-state index contributed by atoms with van der Waals surface area (Å²) < 4.78 is 12.8. The Labute approximate surface area is 113 Å². The van der Waals surface area contributed by atoms with Crippen molar-refractivity contribution >= 4 is 11.7 Å². The summed E-state index contributed by atoms with van der Waals surface area (Å²) in [5.41, 5.74) is 0.606. The number of hydrogen-bond donors (Lipinski definition) is 2. The summed E-state index contributed by atoms with van der Waals surface area (Å²) in [6.07, 6.45) is 3.55. The molecule has 1 aromatic rings. The Morgan fingerprint density at radius 2 is 1.74 bits per heavy atom. The molecule has 1 aromatic carbocycles. The van der Waals surface area contributed by atoms with Gasteiger partial charge in [-0.15, -0.1) is 0 Å². The van der Waals surface area contributed by atoms with Crippen LogP contribution in [0.25, 0.3) is 0 Å². The summed E-state index contributed by atoms with van der Waals surface area (Å²) in [6.45, 7) is 4.36. The number of hydrogen-bond acceptors (Lipinski definition) is 1. The quantitative estimate of drug-likeness (QED) is 0.838. The van der Waals surface area contributed by atoms with Gasteiger partial charge in [0.15, 0.2) is 0 Å². The molecule has 1 aliphatic carbocycles. The predicted octanol–water partition coefficient (Wildman–Crippen LogP) is 3.77. The van der Waals surface area contributed by atoms with E-state index < -0.39 is 0 Å². The lowest BCUT2D eigenvalue weighted by Crippen LogP contribution is -2.47. The van der Waals surface area contributed by atoms with Gasteiger partial charge in [-0.3, -0.25) is 0 Å². The van der Waals surface area contributed by atoms with Gasteiger partial charge in [0.05, 0.1) is 0 Å². The first kappa shape index (κ1) is 13.8. The van der Waals surface area contributed by atoms with Crippen molar-refractivity contribution in [2.75, 3.05) is 5.32 Å². The van der Waals surface area contributed by atoms with Gasteiger partial charge in [-0.05, 0) is 48.9 Å². The molecule has 2 atom stereocenters. The maximum atomic E-state index is 12.8. The zero-order chi connectivity index (χ0) is 13.8. The third-order valence-electron chi connectivity index (χ3n) is 3.94. The first-order chi connectivity index (χ1) is 9.06. The standard InChI is InChI=1S/C15H21FN2O/c1-10-4-3-5-11(2)14(10)18-15(19)17-13-8-6-12(16)7-9-13/h6-11,14H,3-5H2,1-2H3,(H2,17,18,19). The van der Waals surface area contributed by atoms with Crippen molar-refractivity contribution in [3.63, 3.8) is 0 Å². The number of halogens is 1. The molecule has 0 aliphatic heterocycles. The molecule has 0 aromatic heterocycles. The number of nitrogens with one attached hydrogen (secondary N) is 2. The molecule has 2 rings (SSSR count). The number of carbonyl (C=O) groups is 1. The summed E-state index contributed by atoms with van der Waals surface area (Å²) in [5, 5.41) is 5.78. The SMILES string of the molecule is CC1CCCC(C)C1NC(=O)Nc1ccc(F)cc1. The minimum absolute atomic E-state index is 0.211. The topological polar surface area (TPSA) is 41.1 Å². The second-order valence-corrected chi connectivity index (χ2v) is 5.52. The van der Waals surface area contributed by atoms with E-state index in [-0.39, 0.29) is 17.9 Å². The normalized spacial score (nSPS) is 26.8. The van der Waals surface area contributed by atoms with Gasteiger partial charge in [-0.25, -0.2) is 9.18 Å². The monoisotopic (exact) mass is 264 g/mol. The maximum Gasteiger partial charge on any atom is 0.319 e. The van der Waals surface area contributed by atoms with Gasteiger partial charge >= 0.3 is 6.03 Å². The van der Waals surface area contributed by atoms with Crippen LogP contribution in [-0.2, 0) is 0 Å². The second-order valence-electron chi connectivity index (χ2n) is 5.52. The van der Waals surface area contributed by atoms with Crippen LogP contribution in [-0.4, -0.2) is 12.1 Å². The van der Waals surface area contributed by atoms with Crippen LogP contribution in [0.1, 0.15) is 33.1 Å². The highest BCUT2D eigenvalue weighted by Crippen LogP contribution is 2.28. The predicted molar refractivity (Wildman–Crippen MR) is 74.5 cm³/mol. The van der Waals surface area contributed by atoms with Crippen LogP contribution in [0.4, 0.5) is 14.9 Å². The Hall–Kier alpha value is -1.58. The molecule has 0 spiro atoms. The smallest absolute Gasteiger partial charge is 0.319 e. The summed E-state index contributed by atoms with van der Waals surface area (Å²) in [4.78, 5) is 11.9. The Bertz CT molecular complexity index is 422. The zero-order valence-corrected chi connectivity index (χ0v) is 11.4. The fourth-order valence-corrected chi connectivity index (χ4v) is 2.82. The minimum Gasteiger partial charge on any atom is -0.335 e. The van der Waals surface area contributed by atoms with Gasteiger partial charge in [0.25, 0.3) is 0 Å². The van der Waals surface area contributed by atoms with Gasteiger partial charge in [0, 0.05) is 11.7 Å². The van der Waals surface area contributed by atoms with Crippen LogP contribution < -0.4 is 10.6 Å². The molecule has 2 amide bonds. The summed E-state index contributed by atoms with van der Waals surface area (Å²) >= 11 is 0. The molecular weight excluding hydrogens is 243 g/mol. The number of anilines is 1. The van der Waals surface area contributed by atoms with Gasteiger partial charge in [0.2, 0.25) is 0 Å². The molecule has 0 saturated heterocycles. The van der Waals surface area contributed by atoms with Crippen LogP contribution in [0, 0.1) is 17.7 Å². The molecular formula is C15H21FN2O. The summed E-state index contributed by atoms with van der Waals surface area (Å²) in [5.74, 6) is 0.700. The number of urea groups is 1. The van der Waals surface area contributed by atoms with Crippen molar-refractivity contribution < 1.29 is 9.18 Å². The maximum absolute atomic E-state index is 12.8. The van der Waals surface area contributed by atoms with Gasteiger partial charge in [0.1, 0.15) is 5.82 Å². The third-order valence-corrected chi connectivity index (χ3v) is 3.94. The van der Waals surface area contributed by atoms with E-state index in [1.807, 2.05) is 0 Å².